The van der Waals surface area contributed by atoms with E-state index in [0.29, 0.717) is 23.7 Å². The van der Waals surface area contributed by atoms with E-state index >= 15 is 0 Å². The number of methoxy groups -OCH3 is 2. The number of carbonyl (C=O) groups is 2. The molecule has 0 saturated heterocycles. The van der Waals surface area contributed by atoms with Crippen molar-refractivity contribution in [2.45, 2.75) is 20.8 Å². The van der Waals surface area contributed by atoms with Crippen LogP contribution >= 0.6 is 0 Å². The summed E-state index contributed by atoms with van der Waals surface area (Å²) >= 11 is 0. The van der Waals surface area contributed by atoms with Gasteiger partial charge in [-0.2, -0.15) is 0 Å². The van der Waals surface area contributed by atoms with Gasteiger partial charge in [-0.25, -0.2) is 0 Å². The van der Waals surface area contributed by atoms with Crippen molar-refractivity contribution in [3.63, 3.8) is 0 Å². The second kappa shape index (κ2) is 11.8. The van der Waals surface area contributed by atoms with Crippen LogP contribution in [0.25, 0.3) is 6.08 Å². The number of rotatable bonds is 10. The zero-order valence-electron chi connectivity index (χ0n) is 18.8. The van der Waals surface area contributed by atoms with Gasteiger partial charge in [-0.3, -0.25) is 14.5 Å². The highest BCUT2D eigenvalue weighted by Gasteiger charge is 2.10. The van der Waals surface area contributed by atoms with Gasteiger partial charge in [0.2, 0.25) is 11.8 Å². The summed E-state index contributed by atoms with van der Waals surface area (Å²) in [5, 5.41) is 5.76. The quantitative estimate of drug-likeness (QED) is 0.564. The first kappa shape index (κ1) is 24.0. The lowest BCUT2D eigenvalue weighted by Gasteiger charge is -2.18. The molecule has 0 radical (unpaired) electrons. The van der Waals surface area contributed by atoms with Crippen LogP contribution in [0.2, 0.25) is 0 Å². The van der Waals surface area contributed by atoms with Gasteiger partial charge in [-0.05, 0) is 67.5 Å². The van der Waals surface area contributed by atoms with Crippen LogP contribution in [0.4, 0.5) is 11.4 Å². The fourth-order valence-corrected chi connectivity index (χ4v) is 3.03. The van der Waals surface area contributed by atoms with Crippen LogP contribution in [0.3, 0.4) is 0 Å². The van der Waals surface area contributed by atoms with Crippen LogP contribution in [-0.4, -0.2) is 50.6 Å². The third-order valence-electron chi connectivity index (χ3n) is 4.86. The van der Waals surface area contributed by atoms with Crippen molar-refractivity contribution in [2.75, 3.05) is 44.5 Å². The van der Waals surface area contributed by atoms with Crippen molar-refractivity contribution in [1.29, 1.82) is 0 Å². The molecule has 0 aliphatic carbocycles. The number of likely N-dealkylation sites (N-methyl/N-ethyl adjacent to an activating group) is 1. The highest BCUT2D eigenvalue weighted by Crippen LogP contribution is 2.28. The molecule has 0 bridgehead atoms. The molecular formula is C24H31N3O4. The molecule has 2 rings (SSSR count). The standard InChI is InChI=1S/C24H31N3O4/c1-6-27(7-2)16-24(29)26-20-11-10-19(14-17(20)3)25-23(28)13-9-18-8-12-21(30-4)22(15-18)31-5/h8-15H,6-7,16H2,1-5H3,(H,25,28)(H,26,29)/b13-9+. The number of aryl methyl sites for hydroxylation is 1. The van der Waals surface area contributed by atoms with E-state index in [1.165, 1.54) is 6.08 Å². The van der Waals surface area contributed by atoms with Gasteiger partial charge in [0, 0.05) is 17.5 Å². The van der Waals surface area contributed by atoms with Crippen molar-refractivity contribution in [1.82, 2.24) is 4.90 Å². The van der Waals surface area contributed by atoms with E-state index in [-0.39, 0.29) is 11.8 Å². The van der Waals surface area contributed by atoms with Gasteiger partial charge in [0.05, 0.1) is 20.8 Å². The summed E-state index contributed by atoms with van der Waals surface area (Å²) in [5.74, 6) is 0.914. The Hall–Kier alpha value is -3.32. The molecule has 166 valence electrons. The molecule has 2 aromatic rings. The number of hydrogen-bond donors (Lipinski definition) is 2. The topological polar surface area (TPSA) is 79.9 Å². The molecule has 0 fully saturated rings. The molecule has 0 aliphatic rings. The predicted octanol–water partition coefficient (Wildman–Crippen LogP) is 3.94. The van der Waals surface area contributed by atoms with Gasteiger partial charge in [0.25, 0.3) is 0 Å². The largest absolute Gasteiger partial charge is 0.493 e. The van der Waals surface area contributed by atoms with Gasteiger partial charge in [0.15, 0.2) is 11.5 Å². The summed E-state index contributed by atoms with van der Waals surface area (Å²) in [6.07, 6.45) is 3.16. The van der Waals surface area contributed by atoms with E-state index in [1.54, 1.807) is 44.6 Å². The Kier molecular flexibility index (Phi) is 9.09. The highest BCUT2D eigenvalue weighted by molar-refractivity contribution is 6.02. The SMILES string of the molecule is CCN(CC)CC(=O)Nc1ccc(NC(=O)/C=C/c2ccc(OC)c(OC)c2)cc1C. The summed E-state index contributed by atoms with van der Waals surface area (Å²) in [6, 6.07) is 10.8. The van der Waals surface area contributed by atoms with E-state index < -0.39 is 0 Å². The molecule has 0 unspecified atom stereocenters. The molecule has 0 saturated carbocycles. The number of nitrogens with one attached hydrogen (secondary N) is 2. The van der Waals surface area contributed by atoms with Gasteiger partial charge < -0.3 is 20.1 Å². The minimum Gasteiger partial charge on any atom is -0.493 e. The Labute approximate surface area is 184 Å². The Balaban J connectivity index is 1.98. The van der Waals surface area contributed by atoms with E-state index in [1.807, 2.05) is 37.8 Å². The third-order valence-corrected chi connectivity index (χ3v) is 4.86. The number of anilines is 2. The second-order valence-electron chi connectivity index (χ2n) is 6.98. The zero-order chi connectivity index (χ0) is 22.8. The normalized spacial score (nSPS) is 10.9. The molecule has 0 heterocycles. The molecule has 7 nitrogen and oxygen atoms in total. The van der Waals surface area contributed by atoms with Crippen LogP contribution in [-0.2, 0) is 9.59 Å². The minimum atomic E-state index is -0.257. The lowest BCUT2D eigenvalue weighted by Crippen LogP contribution is -2.33. The molecule has 0 spiro atoms. The summed E-state index contributed by atoms with van der Waals surface area (Å²) < 4.78 is 10.5. The number of amides is 2. The lowest BCUT2D eigenvalue weighted by molar-refractivity contribution is -0.117. The fraction of sp³-hybridized carbons (Fsp3) is 0.333. The molecule has 0 aromatic heterocycles. The molecule has 0 aliphatic heterocycles. The van der Waals surface area contributed by atoms with E-state index in [0.717, 1.165) is 29.9 Å². The molecule has 31 heavy (non-hydrogen) atoms. The maximum absolute atomic E-state index is 12.3. The Morgan fingerprint density at radius 1 is 0.968 bits per heavy atom. The summed E-state index contributed by atoms with van der Waals surface area (Å²) in [5.41, 5.74) is 3.07. The maximum atomic E-state index is 12.3. The van der Waals surface area contributed by atoms with Crippen LogP contribution < -0.4 is 20.1 Å². The Morgan fingerprint density at radius 2 is 1.68 bits per heavy atom. The molecule has 2 aromatic carbocycles. The average molecular weight is 426 g/mol. The first-order valence-corrected chi connectivity index (χ1v) is 10.2. The van der Waals surface area contributed by atoms with Gasteiger partial charge in [-0.15, -0.1) is 0 Å². The predicted molar refractivity (Wildman–Crippen MR) is 125 cm³/mol. The molecular weight excluding hydrogens is 394 g/mol. The van der Waals surface area contributed by atoms with Crippen molar-refractivity contribution < 1.29 is 19.1 Å². The average Bonchev–Trinajstić information content (AvgIpc) is 2.77. The van der Waals surface area contributed by atoms with Crippen LogP contribution in [0.5, 0.6) is 11.5 Å². The van der Waals surface area contributed by atoms with E-state index in [2.05, 4.69) is 10.6 Å². The number of benzene rings is 2. The van der Waals surface area contributed by atoms with Gasteiger partial charge in [-0.1, -0.05) is 19.9 Å². The van der Waals surface area contributed by atoms with Crippen molar-refractivity contribution in [3.05, 3.63) is 53.6 Å². The van der Waals surface area contributed by atoms with Gasteiger partial charge in [0.1, 0.15) is 0 Å². The summed E-state index contributed by atoms with van der Waals surface area (Å²) in [4.78, 5) is 26.6. The van der Waals surface area contributed by atoms with Crippen LogP contribution in [0.1, 0.15) is 25.0 Å². The Morgan fingerprint density at radius 3 is 2.29 bits per heavy atom. The van der Waals surface area contributed by atoms with Gasteiger partial charge >= 0.3 is 0 Å². The second-order valence-corrected chi connectivity index (χ2v) is 6.98. The van der Waals surface area contributed by atoms with Crippen molar-refractivity contribution in [2.24, 2.45) is 0 Å². The molecule has 0 atom stereocenters. The molecule has 2 N–H and O–H groups in total. The Bertz CT molecular complexity index is 936. The van der Waals surface area contributed by atoms with Crippen LogP contribution in [0.15, 0.2) is 42.5 Å². The number of carbonyl (C=O) groups excluding carboxylic acids is 2. The number of ether oxygens (including phenoxy) is 2. The zero-order valence-corrected chi connectivity index (χ0v) is 18.8. The molecule has 2 amide bonds. The smallest absolute Gasteiger partial charge is 0.248 e. The third kappa shape index (κ3) is 7.15. The van der Waals surface area contributed by atoms with E-state index in [9.17, 15) is 9.59 Å². The van der Waals surface area contributed by atoms with E-state index in [4.69, 9.17) is 9.47 Å². The fourth-order valence-electron chi connectivity index (χ4n) is 3.03. The monoisotopic (exact) mass is 425 g/mol. The first-order valence-electron chi connectivity index (χ1n) is 10.2. The highest BCUT2D eigenvalue weighted by atomic mass is 16.5. The summed E-state index contributed by atoms with van der Waals surface area (Å²) in [6.45, 7) is 7.95. The van der Waals surface area contributed by atoms with Crippen LogP contribution in [0, 0.1) is 6.92 Å². The number of nitrogens with zero attached hydrogens (tertiary/aromatic N) is 1. The number of hydrogen-bond acceptors (Lipinski definition) is 5. The van der Waals surface area contributed by atoms with Crippen molar-refractivity contribution in [3.8, 4) is 11.5 Å². The lowest BCUT2D eigenvalue weighted by atomic mass is 10.1. The summed E-state index contributed by atoms with van der Waals surface area (Å²) in [7, 11) is 3.14. The maximum Gasteiger partial charge on any atom is 0.248 e. The molecule has 7 heteroatoms. The van der Waals surface area contributed by atoms with Crippen molar-refractivity contribution >= 4 is 29.3 Å². The first-order chi connectivity index (χ1) is 14.9. The minimum absolute atomic E-state index is 0.0542.